The number of benzene rings is 1. The smallest absolute Gasteiger partial charge is 0.416 e. The predicted molar refractivity (Wildman–Crippen MR) is 85.9 cm³/mol. The molecule has 144 valence electrons. The highest BCUT2D eigenvalue weighted by molar-refractivity contribution is 5.96. The van der Waals surface area contributed by atoms with Gasteiger partial charge in [-0.05, 0) is 30.2 Å². The Morgan fingerprint density at radius 3 is 2.44 bits per heavy atom. The molecule has 2 aromatic rings. The summed E-state index contributed by atoms with van der Waals surface area (Å²) in [5.74, 6) is -1.72. The summed E-state index contributed by atoms with van der Waals surface area (Å²) in [5, 5.41) is 18.9. The molecule has 0 saturated carbocycles. The molecule has 0 spiro atoms. The van der Waals surface area contributed by atoms with Crippen molar-refractivity contribution < 1.29 is 37.4 Å². The van der Waals surface area contributed by atoms with Crippen LogP contribution in [0.1, 0.15) is 39.7 Å². The molecule has 2 N–H and O–H groups in total. The molecule has 0 unspecified atom stereocenters. The zero-order valence-corrected chi connectivity index (χ0v) is 13.9. The highest BCUT2D eigenvalue weighted by Crippen LogP contribution is 2.36. The van der Waals surface area contributed by atoms with E-state index < -0.39 is 42.2 Å². The van der Waals surface area contributed by atoms with Crippen molar-refractivity contribution >= 4 is 11.9 Å². The Labute approximate surface area is 151 Å². The van der Waals surface area contributed by atoms with Crippen LogP contribution in [0.5, 0.6) is 0 Å². The molecule has 3 rings (SSSR count). The van der Waals surface area contributed by atoms with Gasteiger partial charge in [0.1, 0.15) is 12.2 Å². The lowest BCUT2D eigenvalue weighted by Gasteiger charge is -2.25. The van der Waals surface area contributed by atoms with Crippen LogP contribution in [0.4, 0.5) is 13.2 Å². The number of halogens is 3. The number of nitrogens with zero attached hydrogens (tertiary/aromatic N) is 1. The number of carbonyl (C=O) groups excluding carboxylic acids is 1. The fourth-order valence-electron chi connectivity index (χ4n) is 3.21. The number of carboxylic acid groups (broad SMARTS) is 1. The zero-order valence-electron chi connectivity index (χ0n) is 13.9. The highest BCUT2D eigenvalue weighted by atomic mass is 19.4. The van der Waals surface area contributed by atoms with Gasteiger partial charge in [-0.3, -0.25) is 9.59 Å². The minimum absolute atomic E-state index is 0.0117. The lowest BCUT2D eigenvalue weighted by molar-refractivity contribution is -0.138. The first kappa shape index (κ1) is 19.0. The van der Waals surface area contributed by atoms with Crippen molar-refractivity contribution in [1.29, 1.82) is 0 Å². The summed E-state index contributed by atoms with van der Waals surface area (Å²) in [6.07, 6.45) is -4.41. The van der Waals surface area contributed by atoms with Crippen molar-refractivity contribution in [2.24, 2.45) is 0 Å². The number of hydrogen-bond acceptors (Lipinski definition) is 4. The Kier molecular flexibility index (Phi) is 4.97. The number of likely N-dealkylation sites (tertiary alicyclic amines) is 1. The van der Waals surface area contributed by atoms with Crippen molar-refractivity contribution in [3.05, 3.63) is 59.0 Å². The lowest BCUT2D eigenvalue weighted by atomic mass is 10.0. The normalized spacial score (nSPS) is 20.1. The van der Waals surface area contributed by atoms with Crippen LogP contribution in [0.3, 0.4) is 0 Å². The molecule has 0 aliphatic carbocycles. The van der Waals surface area contributed by atoms with Gasteiger partial charge < -0.3 is 19.5 Å². The molecule has 1 aliphatic heterocycles. The van der Waals surface area contributed by atoms with Gasteiger partial charge in [0.15, 0.2) is 0 Å². The minimum Gasteiger partial charge on any atom is -0.481 e. The number of aliphatic carboxylic acids is 1. The van der Waals surface area contributed by atoms with E-state index in [0.717, 1.165) is 12.1 Å². The number of rotatable bonds is 4. The maximum atomic E-state index is 12.8. The summed E-state index contributed by atoms with van der Waals surface area (Å²) >= 11 is 0. The Balaban J connectivity index is 1.87. The number of carboxylic acids is 1. The first-order chi connectivity index (χ1) is 12.7. The van der Waals surface area contributed by atoms with Crippen LogP contribution in [0, 0.1) is 0 Å². The van der Waals surface area contributed by atoms with Crippen LogP contribution >= 0.6 is 0 Å². The average molecular weight is 383 g/mol. The van der Waals surface area contributed by atoms with Gasteiger partial charge in [0, 0.05) is 6.54 Å². The first-order valence-corrected chi connectivity index (χ1v) is 8.11. The van der Waals surface area contributed by atoms with E-state index in [-0.39, 0.29) is 24.3 Å². The zero-order chi connectivity index (χ0) is 19.8. The Morgan fingerprint density at radius 1 is 1.19 bits per heavy atom. The molecule has 2 heterocycles. The predicted octanol–water partition coefficient (Wildman–Crippen LogP) is 2.87. The standard InChI is InChI=1S/C18H16F3NO5/c19-18(20,21)11-3-1-10(2-4-11)14-7-12(23)9-22(14)17(26)13-5-6-27-15(13)8-16(24)25/h1-6,12,14,23H,7-9H2,(H,24,25)/t12-,14+/m1/s1. The van der Waals surface area contributed by atoms with E-state index in [1.165, 1.54) is 29.4 Å². The van der Waals surface area contributed by atoms with E-state index in [9.17, 15) is 27.9 Å². The molecule has 0 bridgehead atoms. The van der Waals surface area contributed by atoms with Gasteiger partial charge in [0.2, 0.25) is 0 Å². The summed E-state index contributed by atoms with van der Waals surface area (Å²) < 4.78 is 43.3. The van der Waals surface area contributed by atoms with Gasteiger partial charge in [-0.25, -0.2) is 0 Å². The van der Waals surface area contributed by atoms with E-state index in [1.807, 2.05) is 0 Å². The van der Waals surface area contributed by atoms with Gasteiger partial charge in [0.25, 0.3) is 5.91 Å². The molecule has 1 fully saturated rings. The molecule has 1 aromatic carbocycles. The third-order valence-corrected chi connectivity index (χ3v) is 4.45. The van der Waals surface area contributed by atoms with Crippen LogP contribution in [-0.2, 0) is 17.4 Å². The van der Waals surface area contributed by atoms with Gasteiger partial charge >= 0.3 is 12.1 Å². The second kappa shape index (κ2) is 7.07. The topological polar surface area (TPSA) is 91.0 Å². The molecule has 1 aliphatic rings. The SMILES string of the molecule is O=C(O)Cc1occc1C(=O)N1C[C@H](O)C[C@H]1c1ccc(C(F)(F)F)cc1. The van der Waals surface area contributed by atoms with Crippen molar-refractivity contribution in [2.75, 3.05) is 6.54 Å². The van der Waals surface area contributed by atoms with Gasteiger partial charge in [-0.15, -0.1) is 0 Å². The number of carbonyl (C=O) groups is 2. The molecule has 0 radical (unpaired) electrons. The molecule has 1 aromatic heterocycles. The maximum absolute atomic E-state index is 12.8. The molecule has 1 amide bonds. The second-order valence-electron chi connectivity index (χ2n) is 6.31. The lowest BCUT2D eigenvalue weighted by Crippen LogP contribution is -2.32. The third-order valence-electron chi connectivity index (χ3n) is 4.45. The quantitative estimate of drug-likeness (QED) is 0.847. The number of hydrogen-bond donors (Lipinski definition) is 2. The Bertz CT molecular complexity index is 843. The average Bonchev–Trinajstić information content (AvgIpc) is 3.19. The minimum atomic E-state index is -4.47. The number of aliphatic hydroxyl groups excluding tert-OH is 1. The van der Waals surface area contributed by atoms with Gasteiger partial charge in [0.05, 0.1) is 29.5 Å². The number of β-amino-alcohol motifs (C(OH)–C–C–N with tert-alkyl or cyclic N) is 1. The summed E-state index contributed by atoms with van der Waals surface area (Å²) in [4.78, 5) is 25.1. The fraction of sp³-hybridized carbons (Fsp3) is 0.333. The largest absolute Gasteiger partial charge is 0.481 e. The first-order valence-electron chi connectivity index (χ1n) is 8.11. The van der Waals surface area contributed by atoms with Crippen molar-refractivity contribution in [3.63, 3.8) is 0 Å². The molecule has 9 heteroatoms. The molecule has 1 saturated heterocycles. The highest BCUT2D eigenvalue weighted by Gasteiger charge is 2.38. The molecule has 27 heavy (non-hydrogen) atoms. The molecule has 6 nitrogen and oxygen atoms in total. The van der Waals surface area contributed by atoms with Crippen LogP contribution < -0.4 is 0 Å². The molecule has 2 atom stereocenters. The van der Waals surface area contributed by atoms with Gasteiger partial charge in [-0.2, -0.15) is 13.2 Å². The van der Waals surface area contributed by atoms with Crippen molar-refractivity contribution in [2.45, 2.75) is 31.2 Å². The Hall–Kier alpha value is -2.81. The van der Waals surface area contributed by atoms with Crippen molar-refractivity contribution in [3.8, 4) is 0 Å². The van der Waals surface area contributed by atoms with Crippen LogP contribution in [0.2, 0.25) is 0 Å². The molecular formula is C18H16F3NO5. The number of aliphatic hydroxyl groups is 1. The summed E-state index contributed by atoms with van der Waals surface area (Å²) in [5.41, 5.74) is -0.291. The van der Waals surface area contributed by atoms with E-state index >= 15 is 0 Å². The summed E-state index contributed by atoms with van der Waals surface area (Å²) in [6.45, 7) is -0.0117. The number of furan rings is 1. The second-order valence-corrected chi connectivity index (χ2v) is 6.31. The number of amides is 1. The van der Waals surface area contributed by atoms with Crippen molar-refractivity contribution in [1.82, 2.24) is 4.90 Å². The van der Waals surface area contributed by atoms with Crippen LogP contribution in [0.15, 0.2) is 41.0 Å². The van der Waals surface area contributed by atoms with Crippen LogP contribution in [0.25, 0.3) is 0 Å². The van der Waals surface area contributed by atoms with Crippen LogP contribution in [-0.4, -0.2) is 39.6 Å². The summed E-state index contributed by atoms with van der Waals surface area (Å²) in [7, 11) is 0. The van der Waals surface area contributed by atoms with Gasteiger partial charge in [-0.1, -0.05) is 12.1 Å². The summed E-state index contributed by atoms with van der Waals surface area (Å²) in [6, 6.07) is 5.13. The van der Waals surface area contributed by atoms with E-state index in [4.69, 9.17) is 9.52 Å². The number of alkyl halides is 3. The van der Waals surface area contributed by atoms with E-state index in [0.29, 0.717) is 5.56 Å². The molecular weight excluding hydrogens is 367 g/mol. The van der Waals surface area contributed by atoms with E-state index in [1.54, 1.807) is 0 Å². The fourth-order valence-corrected chi connectivity index (χ4v) is 3.21. The third kappa shape index (κ3) is 3.97. The maximum Gasteiger partial charge on any atom is 0.416 e. The Morgan fingerprint density at radius 2 is 1.85 bits per heavy atom. The van der Waals surface area contributed by atoms with E-state index in [2.05, 4.69) is 0 Å². The monoisotopic (exact) mass is 383 g/mol.